The number of hydrogen-bond acceptors (Lipinski definition) is 0. The minimum absolute atomic E-state index is 0. The molecule has 0 aliphatic carbocycles. The van der Waals surface area contributed by atoms with Crippen LogP contribution < -0.4 is 0 Å². The molecule has 3 aromatic carbocycles. The molecule has 0 aliphatic rings. The first kappa shape index (κ1) is 18.7. The molecule has 3 aromatic rings. The fraction of sp³-hybridized carbons (Fsp3) is 0.143. The lowest BCUT2D eigenvalue weighted by molar-refractivity contribution is 1.48. The molecule has 0 amide bonds. The molecule has 21 heavy (non-hydrogen) atoms. The second-order valence-electron chi connectivity index (χ2n) is 4.46. The predicted octanol–water partition coefficient (Wildman–Crippen LogP) is 6.31. The van der Waals surface area contributed by atoms with Gasteiger partial charge in [0.1, 0.15) is 0 Å². The van der Waals surface area contributed by atoms with Crippen LogP contribution in [0.1, 0.15) is 18.6 Å². The summed E-state index contributed by atoms with van der Waals surface area (Å²) in [6.45, 7) is 4.17. The monoisotopic (exact) mass is 278 g/mol. The van der Waals surface area contributed by atoms with Gasteiger partial charge in [0.15, 0.2) is 0 Å². The van der Waals surface area contributed by atoms with E-state index in [2.05, 4.69) is 38.1 Å². The Bertz CT molecular complexity index is 463. The van der Waals surface area contributed by atoms with Crippen molar-refractivity contribution in [2.75, 3.05) is 0 Å². The molecule has 0 bridgehead atoms. The van der Waals surface area contributed by atoms with E-state index in [1.54, 1.807) is 0 Å². The smallest absolute Gasteiger partial charge is 0.0398 e. The van der Waals surface area contributed by atoms with Crippen molar-refractivity contribution in [2.45, 2.75) is 21.3 Å². The van der Waals surface area contributed by atoms with E-state index < -0.39 is 0 Å². The Morgan fingerprint density at radius 3 is 0.714 bits per heavy atom. The first-order valence-electron chi connectivity index (χ1n) is 6.82. The standard InChI is InChI=1S/2C7H8.C6H6.CH4/c2*1-7-5-3-2-4-6-7;1-2-4-6-5-3-1;/h2*2-6H,1H3;1-6H;1H4. The van der Waals surface area contributed by atoms with Crippen LogP contribution in [0.25, 0.3) is 0 Å². The highest BCUT2D eigenvalue weighted by molar-refractivity contribution is 5.12. The van der Waals surface area contributed by atoms with E-state index in [9.17, 15) is 0 Å². The van der Waals surface area contributed by atoms with Crippen LogP contribution >= 0.6 is 0 Å². The average Bonchev–Trinajstić information content (AvgIpc) is 2.52. The Hall–Kier alpha value is -2.34. The van der Waals surface area contributed by atoms with Crippen LogP contribution in [0.3, 0.4) is 0 Å². The van der Waals surface area contributed by atoms with E-state index in [0.29, 0.717) is 0 Å². The molecule has 0 radical (unpaired) electrons. The number of benzene rings is 3. The molecule has 110 valence electrons. The molecule has 0 atom stereocenters. The van der Waals surface area contributed by atoms with Gasteiger partial charge in [0, 0.05) is 0 Å². The third-order valence-corrected chi connectivity index (χ3v) is 2.55. The fourth-order valence-corrected chi connectivity index (χ4v) is 1.45. The predicted molar refractivity (Wildman–Crippen MR) is 95.5 cm³/mol. The third-order valence-electron chi connectivity index (χ3n) is 2.55. The summed E-state index contributed by atoms with van der Waals surface area (Å²) in [7, 11) is 0. The third kappa shape index (κ3) is 11.2. The summed E-state index contributed by atoms with van der Waals surface area (Å²) in [5.41, 5.74) is 2.64. The minimum Gasteiger partial charge on any atom is -0.0776 e. The molecule has 0 nitrogen and oxygen atoms in total. The van der Waals surface area contributed by atoms with E-state index in [4.69, 9.17) is 0 Å². The molecule has 0 unspecified atom stereocenters. The molecule has 3 rings (SSSR count). The second-order valence-corrected chi connectivity index (χ2v) is 4.46. The number of rotatable bonds is 0. The molecule has 0 saturated carbocycles. The zero-order chi connectivity index (χ0) is 14.5. The van der Waals surface area contributed by atoms with Crippen LogP contribution in [-0.2, 0) is 0 Å². The maximum absolute atomic E-state index is 2.08. The van der Waals surface area contributed by atoms with E-state index in [1.807, 2.05) is 72.8 Å². The van der Waals surface area contributed by atoms with Gasteiger partial charge in [-0.05, 0) is 13.8 Å². The van der Waals surface area contributed by atoms with Crippen molar-refractivity contribution < 1.29 is 0 Å². The van der Waals surface area contributed by atoms with E-state index in [-0.39, 0.29) is 7.43 Å². The van der Waals surface area contributed by atoms with E-state index in [0.717, 1.165) is 0 Å². The van der Waals surface area contributed by atoms with Gasteiger partial charge in [-0.1, -0.05) is 116 Å². The van der Waals surface area contributed by atoms with Crippen molar-refractivity contribution in [1.29, 1.82) is 0 Å². The van der Waals surface area contributed by atoms with Gasteiger partial charge in [0.25, 0.3) is 0 Å². The van der Waals surface area contributed by atoms with Gasteiger partial charge in [-0.15, -0.1) is 0 Å². The topological polar surface area (TPSA) is 0 Å². The van der Waals surface area contributed by atoms with Crippen LogP contribution in [0.15, 0.2) is 97.1 Å². The summed E-state index contributed by atoms with van der Waals surface area (Å²) in [5, 5.41) is 0. The van der Waals surface area contributed by atoms with Crippen LogP contribution in [0.4, 0.5) is 0 Å². The molecular weight excluding hydrogens is 252 g/mol. The summed E-state index contributed by atoms with van der Waals surface area (Å²) < 4.78 is 0. The molecule has 0 heterocycles. The summed E-state index contributed by atoms with van der Waals surface area (Å²) in [6, 6.07) is 32.5. The van der Waals surface area contributed by atoms with Crippen LogP contribution in [-0.4, -0.2) is 0 Å². The van der Waals surface area contributed by atoms with Gasteiger partial charge in [-0.3, -0.25) is 0 Å². The van der Waals surface area contributed by atoms with Crippen molar-refractivity contribution in [3.63, 3.8) is 0 Å². The summed E-state index contributed by atoms with van der Waals surface area (Å²) >= 11 is 0. The van der Waals surface area contributed by atoms with Gasteiger partial charge < -0.3 is 0 Å². The van der Waals surface area contributed by atoms with Crippen molar-refractivity contribution in [1.82, 2.24) is 0 Å². The van der Waals surface area contributed by atoms with Crippen molar-refractivity contribution >= 4 is 0 Å². The molecule has 0 spiro atoms. The van der Waals surface area contributed by atoms with Crippen molar-refractivity contribution in [2.24, 2.45) is 0 Å². The van der Waals surface area contributed by atoms with E-state index >= 15 is 0 Å². The molecule has 0 N–H and O–H groups in total. The van der Waals surface area contributed by atoms with Gasteiger partial charge in [-0.2, -0.15) is 0 Å². The highest BCUT2D eigenvalue weighted by Gasteiger charge is 1.72. The van der Waals surface area contributed by atoms with Gasteiger partial charge in [-0.25, -0.2) is 0 Å². The lowest BCUT2D eigenvalue weighted by Crippen LogP contribution is -1.62. The Balaban J connectivity index is 0.000000280. The van der Waals surface area contributed by atoms with Crippen molar-refractivity contribution in [3.8, 4) is 0 Å². The molecule has 0 aliphatic heterocycles. The highest BCUT2D eigenvalue weighted by Crippen LogP contribution is 1.92. The molecule has 0 heteroatoms. The fourth-order valence-electron chi connectivity index (χ4n) is 1.45. The maximum Gasteiger partial charge on any atom is -0.0398 e. The largest absolute Gasteiger partial charge is 0.0776 e. The van der Waals surface area contributed by atoms with Crippen LogP contribution in [0.5, 0.6) is 0 Å². The quantitative estimate of drug-likeness (QED) is 0.452. The first-order chi connectivity index (χ1) is 9.79. The second kappa shape index (κ2) is 12.7. The molecule has 0 saturated heterocycles. The van der Waals surface area contributed by atoms with E-state index in [1.165, 1.54) is 11.1 Å². The molecular formula is C21H26. The summed E-state index contributed by atoms with van der Waals surface area (Å²) in [6.07, 6.45) is 0. The Labute approximate surface area is 130 Å². The maximum atomic E-state index is 2.08. The van der Waals surface area contributed by atoms with Crippen LogP contribution in [0, 0.1) is 13.8 Å². The normalized spacial score (nSPS) is 8.10. The highest BCUT2D eigenvalue weighted by atomic mass is 13.8. The number of aryl methyl sites for hydroxylation is 2. The average molecular weight is 278 g/mol. The van der Waals surface area contributed by atoms with Crippen LogP contribution in [0.2, 0.25) is 0 Å². The number of hydrogen-bond donors (Lipinski definition) is 0. The lowest BCUT2D eigenvalue weighted by Gasteiger charge is -1.82. The zero-order valence-corrected chi connectivity index (χ0v) is 12.2. The minimum atomic E-state index is 0. The Morgan fingerprint density at radius 2 is 0.571 bits per heavy atom. The van der Waals surface area contributed by atoms with Gasteiger partial charge >= 0.3 is 0 Å². The van der Waals surface area contributed by atoms with Gasteiger partial charge in [0.2, 0.25) is 0 Å². The lowest BCUT2D eigenvalue weighted by atomic mass is 10.2. The summed E-state index contributed by atoms with van der Waals surface area (Å²) in [5.74, 6) is 0. The molecule has 0 aromatic heterocycles. The first-order valence-corrected chi connectivity index (χ1v) is 6.82. The summed E-state index contributed by atoms with van der Waals surface area (Å²) in [4.78, 5) is 0. The van der Waals surface area contributed by atoms with Gasteiger partial charge in [0.05, 0.1) is 0 Å². The zero-order valence-electron chi connectivity index (χ0n) is 12.2. The SMILES string of the molecule is C.Cc1ccccc1.Cc1ccccc1.c1ccccc1. The Kier molecular flexibility index (Phi) is 11.3. The Morgan fingerprint density at radius 1 is 0.381 bits per heavy atom. The molecule has 0 fully saturated rings. The van der Waals surface area contributed by atoms with Crippen molar-refractivity contribution in [3.05, 3.63) is 108 Å².